The van der Waals surface area contributed by atoms with E-state index in [4.69, 9.17) is 5.11 Å². The maximum absolute atomic E-state index is 12.6. The van der Waals surface area contributed by atoms with Crippen molar-refractivity contribution in [3.05, 3.63) is 0 Å². The van der Waals surface area contributed by atoms with Gasteiger partial charge in [-0.3, -0.25) is 4.79 Å². The van der Waals surface area contributed by atoms with Crippen molar-refractivity contribution in [2.24, 2.45) is 0 Å². The molecule has 1 aliphatic heterocycles. The van der Waals surface area contributed by atoms with Gasteiger partial charge in [-0.05, 0) is 6.42 Å². The van der Waals surface area contributed by atoms with Crippen LogP contribution in [-0.2, 0) is 14.6 Å². The molecule has 0 aliphatic carbocycles. The molecule has 1 aliphatic rings. The van der Waals surface area contributed by atoms with Crippen molar-refractivity contribution in [2.75, 3.05) is 30.4 Å². The topological polar surface area (TPSA) is 83.5 Å². The highest BCUT2D eigenvalue weighted by Crippen LogP contribution is 2.24. The Morgan fingerprint density at radius 3 is 2.67 bits per heavy atom. The molecule has 18 heavy (non-hydrogen) atoms. The average Bonchev–Trinajstić information content (AvgIpc) is 2.64. The number of rotatable bonds is 6. The van der Waals surface area contributed by atoms with E-state index in [1.807, 2.05) is 5.32 Å². The summed E-state index contributed by atoms with van der Waals surface area (Å²) in [5.41, 5.74) is 0. The Morgan fingerprint density at radius 1 is 1.50 bits per heavy atom. The number of carbonyl (C=O) groups excluding carboxylic acids is 1. The first-order valence-electron chi connectivity index (χ1n) is 5.31. The first-order valence-corrected chi connectivity index (χ1v) is 8.18. The Kier molecular flexibility index (Phi) is 5.35. The molecule has 2 N–H and O–H groups in total. The van der Waals surface area contributed by atoms with E-state index in [2.05, 4.69) is 0 Å². The molecule has 9 heteroatoms. The highest BCUT2D eigenvalue weighted by atomic mass is 32.2. The van der Waals surface area contributed by atoms with Crippen LogP contribution >= 0.6 is 11.8 Å². The number of nitrogens with one attached hydrogen (secondary N) is 1. The van der Waals surface area contributed by atoms with Crippen LogP contribution in [0.15, 0.2) is 0 Å². The lowest BCUT2D eigenvalue weighted by Gasteiger charge is -2.14. The van der Waals surface area contributed by atoms with E-state index in [1.54, 1.807) is 0 Å². The molecule has 106 valence electrons. The number of hydrogen-bond donors (Lipinski definition) is 2. The molecule has 1 unspecified atom stereocenters. The van der Waals surface area contributed by atoms with Crippen LogP contribution in [0.1, 0.15) is 6.42 Å². The Balaban J connectivity index is 2.22. The summed E-state index contributed by atoms with van der Waals surface area (Å²) in [5, 5.41) is 10.2. The van der Waals surface area contributed by atoms with Gasteiger partial charge in [-0.2, -0.15) is 0 Å². The van der Waals surface area contributed by atoms with Crippen LogP contribution in [0.3, 0.4) is 0 Å². The third-order valence-electron chi connectivity index (χ3n) is 2.42. The summed E-state index contributed by atoms with van der Waals surface area (Å²) in [6.45, 7) is -2.23. The van der Waals surface area contributed by atoms with Crippen molar-refractivity contribution in [3.63, 3.8) is 0 Å². The lowest BCUT2D eigenvalue weighted by molar-refractivity contribution is -0.121. The minimum Gasteiger partial charge on any atom is -0.390 e. The number of aliphatic hydroxyl groups is 1. The summed E-state index contributed by atoms with van der Waals surface area (Å²) in [4.78, 5) is 11.2. The maximum Gasteiger partial charge on any atom is 0.287 e. The van der Waals surface area contributed by atoms with Crippen molar-refractivity contribution < 1.29 is 27.1 Å². The maximum atomic E-state index is 12.6. The Morgan fingerprint density at radius 2 is 2.17 bits per heavy atom. The summed E-state index contributed by atoms with van der Waals surface area (Å²) in [6, 6.07) is 0. The highest BCUT2D eigenvalue weighted by molar-refractivity contribution is 8.02. The van der Waals surface area contributed by atoms with Gasteiger partial charge in [0, 0.05) is 5.25 Å². The average molecular weight is 303 g/mol. The monoisotopic (exact) mass is 303 g/mol. The molecule has 0 spiro atoms. The largest absolute Gasteiger partial charge is 0.390 e. The fraction of sp³-hybridized carbons (Fsp3) is 0.889. The van der Waals surface area contributed by atoms with Gasteiger partial charge in [0.15, 0.2) is 9.84 Å². The van der Waals surface area contributed by atoms with Crippen LogP contribution in [0.5, 0.6) is 0 Å². The minimum atomic E-state index is -3.32. The van der Waals surface area contributed by atoms with E-state index in [0.717, 1.165) is 11.8 Å². The third kappa shape index (κ3) is 5.49. The van der Waals surface area contributed by atoms with E-state index in [-0.39, 0.29) is 22.5 Å². The lowest BCUT2D eigenvalue weighted by Crippen LogP contribution is -2.39. The van der Waals surface area contributed by atoms with Crippen molar-refractivity contribution in [2.45, 2.75) is 17.6 Å². The summed E-state index contributed by atoms with van der Waals surface area (Å²) < 4.78 is 47.5. The van der Waals surface area contributed by atoms with Crippen molar-refractivity contribution in [1.29, 1.82) is 0 Å². The lowest BCUT2D eigenvalue weighted by atomic mass is 10.3. The molecule has 0 radical (unpaired) electrons. The van der Waals surface area contributed by atoms with Crippen LogP contribution in [-0.4, -0.2) is 61.0 Å². The number of carbonyl (C=O) groups is 1. The molecule has 0 aromatic carbocycles. The van der Waals surface area contributed by atoms with Gasteiger partial charge in [-0.15, -0.1) is 11.8 Å². The number of thioether (sulfide) groups is 1. The standard InChI is InChI=1S/C9H15F2NO4S2/c10-9(11,6-13)5-12-8(14)3-17-7-1-2-18(15,16)4-7/h7,13H,1-6H2,(H,12,14). The van der Waals surface area contributed by atoms with Gasteiger partial charge >= 0.3 is 0 Å². The number of amides is 1. The zero-order valence-corrected chi connectivity index (χ0v) is 11.2. The van der Waals surface area contributed by atoms with Gasteiger partial charge in [-0.25, -0.2) is 17.2 Å². The Labute approximate surface area is 108 Å². The van der Waals surface area contributed by atoms with Crippen molar-refractivity contribution >= 4 is 27.5 Å². The predicted octanol–water partition coefficient (Wildman–Crippen LogP) is -0.349. The molecular formula is C9H15F2NO4S2. The summed E-state index contributed by atoms with van der Waals surface area (Å²) in [7, 11) is -2.99. The van der Waals surface area contributed by atoms with E-state index in [9.17, 15) is 22.0 Å². The molecular weight excluding hydrogens is 288 g/mol. The number of sulfone groups is 1. The van der Waals surface area contributed by atoms with Crippen molar-refractivity contribution in [1.82, 2.24) is 5.32 Å². The van der Waals surface area contributed by atoms with Gasteiger partial charge in [0.05, 0.1) is 23.8 Å². The zero-order chi connectivity index (χ0) is 13.8. The molecule has 0 aromatic heterocycles. The van der Waals surface area contributed by atoms with E-state index < -0.39 is 34.8 Å². The van der Waals surface area contributed by atoms with Gasteiger partial charge in [0.2, 0.25) is 5.91 Å². The van der Waals surface area contributed by atoms with Gasteiger partial charge in [0.1, 0.15) is 6.61 Å². The van der Waals surface area contributed by atoms with E-state index >= 15 is 0 Å². The molecule has 1 amide bonds. The van der Waals surface area contributed by atoms with Crippen LogP contribution in [0.25, 0.3) is 0 Å². The molecule has 0 saturated carbocycles. The van der Waals surface area contributed by atoms with Gasteiger partial charge in [0.25, 0.3) is 5.92 Å². The molecule has 5 nitrogen and oxygen atoms in total. The second-order valence-corrected chi connectivity index (χ2v) is 7.64. The minimum absolute atomic E-state index is 0.0394. The fourth-order valence-corrected chi connectivity index (χ4v) is 4.89. The molecule has 1 fully saturated rings. The smallest absolute Gasteiger partial charge is 0.287 e. The SMILES string of the molecule is O=C(CSC1CCS(=O)(=O)C1)NCC(F)(F)CO. The molecule has 1 rings (SSSR count). The van der Waals surface area contributed by atoms with Gasteiger partial charge < -0.3 is 10.4 Å². The number of aliphatic hydroxyl groups excluding tert-OH is 1. The molecule has 1 saturated heterocycles. The predicted molar refractivity (Wildman–Crippen MR) is 64.6 cm³/mol. The van der Waals surface area contributed by atoms with Crippen LogP contribution in [0.2, 0.25) is 0 Å². The molecule has 1 atom stereocenters. The normalized spacial score (nSPS) is 22.9. The van der Waals surface area contributed by atoms with E-state index in [0.29, 0.717) is 6.42 Å². The summed E-state index contributed by atoms with van der Waals surface area (Å²) >= 11 is 1.15. The van der Waals surface area contributed by atoms with Crippen molar-refractivity contribution in [3.8, 4) is 0 Å². The second-order valence-electron chi connectivity index (χ2n) is 4.13. The first kappa shape index (κ1) is 15.6. The Bertz CT molecular complexity index is 399. The van der Waals surface area contributed by atoms with Crippen LogP contribution in [0, 0.1) is 0 Å². The Hall–Kier alpha value is -0.410. The number of halogens is 2. The van der Waals surface area contributed by atoms with E-state index in [1.165, 1.54) is 0 Å². The first-order chi connectivity index (χ1) is 8.24. The summed E-state index contributed by atoms with van der Waals surface area (Å²) in [6.07, 6.45) is 0.493. The molecule has 0 aromatic rings. The third-order valence-corrected chi connectivity index (χ3v) is 5.70. The number of alkyl halides is 2. The van der Waals surface area contributed by atoms with Crippen LogP contribution < -0.4 is 5.32 Å². The quantitative estimate of drug-likeness (QED) is 0.701. The van der Waals surface area contributed by atoms with Gasteiger partial charge in [-0.1, -0.05) is 0 Å². The molecule has 0 bridgehead atoms. The zero-order valence-electron chi connectivity index (χ0n) is 9.56. The second kappa shape index (κ2) is 6.16. The highest BCUT2D eigenvalue weighted by Gasteiger charge is 2.30. The van der Waals surface area contributed by atoms with Crippen LogP contribution in [0.4, 0.5) is 8.78 Å². The fourth-order valence-electron chi connectivity index (χ4n) is 1.42. The molecule has 1 heterocycles. The number of hydrogen-bond acceptors (Lipinski definition) is 5. The summed E-state index contributed by atoms with van der Waals surface area (Å²) in [5.74, 6) is -3.80.